The molecule has 1 aromatic carbocycles. The number of tetrazole rings is 1. The minimum absolute atomic E-state index is 0.157. The Bertz CT molecular complexity index is 748. The van der Waals surface area contributed by atoms with Gasteiger partial charge in [-0.2, -0.15) is 4.68 Å². The molecule has 0 saturated carbocycles. The molecule has 1 heterocycles. The molecule has 23 heavy (non-hydrogen) atoms. The molecule has 0 N–H and O–H groups in total. The van der Waals surface area contributed by atoms with Crippen LogP contribution in [0.15, 0.2) is 35.1 Å². The molecule has 1 aromatic heterocycles. The minimum atomic E-state index is -0.724. The summed E-state index contributed by atoms with van der Waals surface area (Å²) in [4.78, 5) is 37.8. The van der Waals surface area contributed by atoms with Gasteiger partial charge in [-0.15, -0.1) is 4.68 Å². The van der Waals surface area contributed by atoms with Crippen LogP contribution in [-0.2, 0) is 11.3 Å². The van der Waals surface area contributed by atoms with Gasteiger partial charge in [0.15, 0.2) is 5.78 Å². The van der Waals surface area contributed by atoms with E-state index in [1.165, 1.54) is 4.90 Å². The quantitative estimate of drug-likeness (QED) is 0.775. The highest BCUT2D eigenvalue weighted by atomic mass is 16.2. The molecule has 1 amide bonds. The summed E-state index contributed by atoms with van der Waals surface area (Å²) in [6.45, 7) is 5.18. The molecule has 8 heteroatoms. The molecule has 2 aromatic rings. The monoisotopic (exact) mass is 317 g/mol. The van der Waals surface area contributed by atoms with E-state index in [1.807, 2.05) is 19.9 Å². The molecule has 0 bridgehead atoms. The van der Waals surface area contributed by atoms with Crippen LogP contribution in [0.2, 0.25) is 0 Å². The van der Waals surface area contributed by atoms with E-state index in [-0.39, 0.29) is 24.8 Å². The summed E-state index contributed by atoms with van der Waals surface area (Å²) in [5.74, 6) is -0.157. The van der Waals surface area contributed by atoms with Crippen molar-refractivity contribution >= 4 is 17.5 Å². The van der Waals surface area contributed by atoms with Gasteiger partial charge in [0, 0.05) is 18.2 Å². The van der Waals surface area contributed by atoms with E-state index in [4.69, 9.17) is 0 Å². The van der Waals surface area contributed by atoms with Gasteiger partial charge in [-0.25, -0.2) is 9.59 Å². The summed E-state index contributed by atoms with van der Waals surface area (Å²) in [5, 5.41) is 7.21. The van der Waals surface area contributed by atoms with Gasteiger partial charge in [0.05, 0.1) is 0 Å². The van der Waals surface area contributed by atoms with Crippen LogP contribution in [0.3, 0.4) is 0 Å². The van der Waals surface area contributed by atoms with Gasteiger partial charge < -0.3 is 0 Å². The predicted molar refractivity (Wildman–Crippen MR) is 84.4 cm³/mol. The highest BCUT2D eigenvalue weighted by Gasteiger charge is 2.25. The number of carbonyl (C=O) groups is 2. The van der Waals surface area contributed by atoms with Crippen LogP contribution in [0.1, 0.15) is 27.2 Å². The van der Waals surface area contributed by atoms with Crippen molar-refractivity contribution in [1.29, 1.82) is 0 Å². The van der Waals surface area contributed by atoms with Crippen LogP contribution in [0.5, 0.6) is 0 Å². The molecule has 0 aliphatic rings. The molecular weight excluding hydrogens is 298 g/mol. The summed E-state index contributed by atoms with van der Waals surface area (Å²) in [6, 6.07) is 8.20. The van der Waals surface area contributed by atoms with E-state index in [0.29, 0.717) is 10.4 Å². The first-order chi connectivity index (χ1) is 11.0. The predicted octanol–water partition coefficient (Wildman–Crippen LogP) is 1.30. The van der Waals surface area contributed by atoms with E-state index in [9.17, 15) is 14.4 Å². The largest absolute Gasteiger partial charge is 0.372 e. The third-order valence-corrected chi connectivity index (χ3v) is 3.30. The molecule has 8 nitrogen and oxygen atoms in total. The normalized spacial score (nSPS) is 10.8. The minimum Gasteiger partial charge on any atom is -0.298 e. The maximum Gasteiger partial charge on any atom is 0.372 e. The molecule has 0 fully saturated rings. The fourth-order valence-corrected chi connectivity index (χ4v) is 2.09. The molecule has 0 saturated heterocycles. The molecule has 0 aliphatic heterocycles. The first-order valence-electron chi connectivity index (χ1n) is 7.38. The lowest BCUT2D eigenvalue weighted by Crippen LogP contribution is -2.45. The smallest absolute Gasteiger partial charge is 0.298 e. The number of ketones is 1. The number of Topliss-reactive ketones (excluding diaryl/α,β-unsaturated/α-hetero) is 1. The van der Waals surface area contributed by atoms with Crippen LogP contribution < -0.4 is 10.6 Å². The van der Waals surface area contributed by atoms with Crippen molar-refractivity contribution in [3.63, 3.8) is 0 Å². The van der Waals surface area contributed by atoms with Gasteiger partial charge in [-0.1, -0.05) is 25.1 Å². The van der Waals surface area contributed by atoms with Gasteiger partial charge in [0.1, 0.15) is 6.54 Å². The fraction of sp³-hybridized carbons (Fsp3) is 0.400. The van der Waals surface area contributed by atoms with Crippen LogP contribution >= 0.6 is 0 Å². The highest BCUT2D eigenvalue weighted by molar-refractivity contribution is 5.93. The van der Waals surface area contributed by atoms with Crippen LogP contribution in [0.4, 0.5) is 10.5 Å². The van der Waals surface area contributed by atoms with Crippen molar-refractivity contribution in [1.82, 2.24) is 19.8 Å². The summed E-state index contributed by atoms with van der Waals surface area (Å²) in [6.07, 6.45) is 0.287. The topological polar surface area (TPSA) is 90.1 Å². The highest BCUT2D eigenvalue weighted by Crippen LogP contribution is 2.17. The number of benzene rings is 1. The molecule has 122 valence electrons. The average Bonchev–Trinajstić information content (AvgIpc) is 2.89. The molecule has 2 rings (SSSR count). The molecule has 0 unspecified atom stereocenters. The number of aromatic nitrogens is 4. The number of para-hydroxylation sites is 1. The number of hydrogen-bond donors (Lipinski definition) is 0. The summed E-state index contributed by atoms with van der Waals surface area (Å²) in [7, 11) is 0. The van der Waals surface area contributed by atoms with Crippen molar-refractivity contribution in [2.75, 3.05) is 4.90 Å². The number of hydrogen-bond acceptors (Lipinski definition) is 5. The Hall–Kier alpha value is -2.77. The molecule has 0 radical (unpaired) electrons. The number of carbonyl (C=O) groups excluding carboxylic acids is 2. The number of anilines is 1. The summed E-state index contributed by atoms with van der Waals surface area (Å²) >= 11 is 0. The van der Waals surface area contributed by atoms with Crippen LogP contribution in [0.25, 0.3) is 0 Å². The Morgan fingerprint density at radius 1 is 1.17 bits per heavy atom. The van der Waals surface area contributed by atoms with Crippen molar-refractivity contribution < 1.29 is 9.59 Å². The molecule has 0 atom stereocenters. The number of rotatable bonds is 5. The van der Waals surface area contributed by atoms with E-state index in [2.05, 4.69) is 10.4 Å². The lowest BCUT2D eigenvalue weighted by atomic mass is 10.2. The maximum atomic E-state index is 12.7. The zero-order chi connectivity index (χ0) is 17.0. The maximum absolute atomic E-state index is 12.7. The van der Waals surface area contributed by atoms with E-state index >= 15 is 0 Å². The lowest BCUT2D eigenvalue weighted by molar-refractivity contribution is -0.119. The molecule has 0 spiro atoms. The Balaban J connectivity index is 2.35. The number of amides is 1. The van der Waals surface area contributed by atoms with Crippen molar-refractivity contribution in [2.24, 2.45) is 0 Å². The van der Waals surface area contributed by atoms with E-state index < -0.39 is 11.7 Å². The second kappa shape index (κ2) is 6.99. The zero-order valence-electron chi connectivity index (χ0n) is 13.3. The van der Waals surface area contributed by atoms with E-state index in [0.717, 1.165) is 4.68 Å². The zero-order valence-corrected chi connectivity index (χ0v) is 13.3. The molecule has 0 aliphatic carbocycles. The second-order valence-corrected chi connectivity index (χ2v) is 5.31. The Labute approximate surface area is 133 Å². The first kappa shape index (κ1) is 16.6. The SMILES string of the molecule is CCC(=O)Cn1nnn(C(=O)N(c2ccccc2)C(C)C)c1=O. The average molecular weight is 317 g/mol. The van der Waals surface area contributed by atoms with Gasteiger partial charge in [-0.3, -0.25) is 9.69 Å². The van der Waals surface area contributed by atoms with Gasteiger partial charge in [0.25, 0.3) is 0 Å². The Kier molecular flexibility index (Phi) is 5.05. The molecular formula is C15H19N5O3. The number of nitrogens with zero attached hydrogens (tertiary/aromatic N) is 5. The lowest BCUT2D eigenvalue weighted by Gasteiger charge is -2.25. The fourth-order valence-electron chi connectivity index (χ4n) is 2.09. The first-order valence-corrected chi connectivity index (χ1v) is 7.38. The third-order valence-electron chi connectivity index (χ3n) is 3.30. The Morgan fingerprint density at radius 3 is 2.39 bits per heavy atom. The Morgan fingerprint density at radius 2 is 1.83 bits per heavy atom. The standard InChI is InChI=1S/C15H19N5O3/c1-4-13(21)10-18-14(22)20(17-16-18)15(23)19(11(2)3)12-8-6-5-7-9-12/h5-9,11H,4,10H2,1-3H3. The van der Waals surface area contributed by atoms with Crippen molar-refractivity contribution in [3.05, 3.63) is 40.8 Å². The summed E-state index contributed by atoms with van der Waals surface area (Å²) < 4.78 is 1.57. The van der Waals surface area contributed by atoms with Gasteiger partial charge >= 0.3 is 11.7 Å². The van der Waals surface area contributed by atoms with Crippen LogP contribution in [0, 0.1) is 0 Å². The third kappa shape index (κ3) is 3.53. The van der Waals surface area contributed by atoms with Crippen molar-refractivity contribution in [2.45, 2.75) is 39.8 Å². The second-order valence-electron chi connectivity index (χ2n) is 5.31. The summed E-state index contributed by atoms with van der Waals surface area (Å²) in [5.41, 5.74) is -0.0723. The van der Waals surface area contributed by atoms with E-state index in [1.54, 1.807) is 31.2 Å². The van der Waals surface area contributed by atoms with Crippen molar-refractivity contribution in [3.8, 4) is 0 Å². The van der Waals surface area contributed by atoms with Gasteiger partial charge in [0.2, 0.25) is 0 Å². The van der Waals surface area contributed by atoms with Gasteiger partial charge in [-0.05, 0) is 36.4 Å². The van der Waals surface area contributed by atoms with Crippen LogP contribution in [-0.4, -0.2) is 37.6 Å².